The number of nitrogens with zero attached hydrogens (tertiary/aromatic N) is 2. The minimum absolute atomic E-state index is 1.21. The molecule has 27 heavy (non-hydrogen) atoms. The van der Waals surface area contributed by atoms with Crippen LogP contribution < -0.4 is 0 Å². The maximum Gasteiger partial charge on any atom is 0.0297 e. The van der Waals surface area contributed by atoms with Crippen molar-refractivity contribution in [3.05, 3.63) is 96.1 Å². The highest BCUT2D eigenvalue weighted by molar-refractivity contribution is 5.11. The monoisotopic (exact) mass is 368 g/mol. The highest BCUT2D eigenvalue weighted by atomic mass is 14.6. The Morgan fingerprint density at radius 2 is 0.889 bits per heavy atom. The summed E-state index contributed by atoms with van der Waals surface area (Å²) in [5, 5.41) is 0. The van der Waals surface area contributed by atoms with E-state index in [1.807, 2.05) is 104 Å². The molecule has 1 aromatic carbocycles. The fraction of sp³-hybridized carbons (Fsp3) is 0.360. The van der Waals surface area contributed by atoms with Crippen molar-refractivity contribution in [1.29, 1.82) is 0 Å². The number of rotatable bonds is 0. The van der Waals surface area contributed by atoms with Gasteiger partial charge in [0.25, 0.3) is 0 Å². The van der Waals surface area contributed by atoms with E-state index in [1.165, 1.54) is 16.7 Å². The van der Waals surface area contributed by atoms with E-state index >= 15 is 0 Å². The van der Waals surface area contributed by atoms with Gasteiger partial charge < -0.3 is 0 Å². The molecule has 0 unspecified atom stereocenters. The minimum atomic E-state index is 1.21. The van der Waals surface area contributed by atoms with Crippen LogP contribution in [0.5, 0.6) is 0 Å². The fourth-order valence-corrected chi connectivity index (χ4v) is 1.41. The first-order chi connectivity index (χ1) is 13.2. The number of aryl methyl sites for hydroxylation is 3. The summed E-state index contributed by atoms with van der Waals surface area (Å²) in [4.78, 5) is 7.73. The molecule has 2 heterocycles. The standard InChI is InChI=1S/C7H8.2C6H7N.3C2H6/c1-7-5-3-2-4-6-7;1-6-2-4-7-5-3-6;1-6-3-2-4-7-5-6;3*1-2/h2-6H,1H3;2*2-5H,1H3;3*1-2H3. The molecular weight excluding hydrogens is 328 g/mol. The zero-order valence-electron chi connectivity index (χ0n) is 18.9. The Morgan fingerprint density at radius 3 is 1.11 bits per heavy atom. The third kappa shape index (κ3) is 23.5. The number of pyridine rings is 2. The van der Waals surface area contributed by atoms with E-state index in [2.05, 4.69) is 29.0 Å². The van der Waals surface area contributed by atoms with Crippen molar-refractivity contribution in [2.75, 3.05) is 0 Å². The molecule has 0 aliphatic carbocycles. The van der Waals surface area contributed by atoms with Gasteiger partial charge in [0.2, 0.25) is 0 Å². The van der Waals surface area contributed by atoms with Crippen molar-refractivity contribution >= 4 is 0 Å². The SMILES string of the molecule is CC.CC.CC.Cc1ccccc1.Cc1cccnc1.Cc1ccncc1. The van der Waals surface area contributed by atoms with Crippen LogP contribution in [0.4, 0.5) is 0 Å². The van der Waals surface area contributed by atoms with Crippen molar-refractivity contribution in [3.8, 4) is 0 Å². The Morgan fingerprint density at radius 1 is 0.444 bits per heavy atom. The zero-order valence-corrected chi connectivity index (χ0v) is 18.9. The van der Waals surface area contributed by atoms with Gasteiger partial charge in [-0.25, -0.2) is 0 Å². The molecule has 0 N–H and O–H groups in total. The topological polar surface area (TPSA) is 25.8 Å². The Hall–Kier alpha value is -2.48. The fourth-order valence-electron chi connectivity index (χ4n) is 1.41. The molecule has 0 amide bonds. The van der Waals surface area contributed by atoms with Crippen molar-refractivity contribution < 1.29 is 0 Å². The Kier molecular flexibility index (Phi) is 27.9. The minimum Gasteiger partial charge on any atom is -0.265 e. The van der Waals surface area contributed by atoms with Crippen LogP contribution in [0.15, 0.2) is 79.4 Å². The molecule has 2 aromatic heterocycles. The zero-order chi connectivity index (χ0) is 21.3. The molecular formula is C25H40N2. The quantitative estimate of drug-likeness (QED) is 0.403. The molecule has 0 aliphatic heterocycles. The van der Waals surface area contributed by atoms with Gasteiger partial charge in [-0.3, -0.25) is 9.97 Å². The van der Waals surface area contributed by atoms with Crippen LogP contribution in [0.25, 0.3) is 0 Å². The second-order valence-corrected chi connectivity index (χ2v) is 4.71. The molecule has 0 radical (unpaired) electrons. The van der Waals surface area contributed by atoms with Gasteiger partial charge in [0, 0.05) is 24.8 Å². The lowest BCUT2D eigenvalue weighted by Crippen LogP contribution is -1.69. The summed E-state index contributed by atoms with van der Waals surface area (Å²) >= 11 is 0. The average Bonchev–Trinajstić information content (AvgIpc) is 2.75. The summed E-state index contributed by atoms with van der Waals surface area (Å²) in [5.41, 5.74) is 3.79. The molecule has 0 bridgehead atoms. The van der Waals surface area contributed by atoms with Gasteiger partial charge in [-0.2, -0.15) is 0 Å². The number of aromatic nitrogens is 2. The Balaban J connectivity index is -0.000000281. The van der Waals surface area contributed by atoms with Gasteiger partial charge in [-0.15, -0.1) is 0 Å². The van der Waals surface area contributed by atoms with E-state index in [9.17, 15) is 0 Å². The lowest BCUT2D eigenvalue weighted by Gasteiger charge is -1.82. The van der Waals surface area contributed by atoms with Gasteiger partial charge >= 0.3 is 0 Å². The molecule has 0 aliphatic rings. The second kappa shape index (κ2) is 25.8. The predicted octanol–water partition coefficient (Wildman–Crippen LogP) is 7.85. The summed E-state index contributed by atoms with van der Waals surface area (Å²) in [6, 6.07) is 18.2. The summed E-state index contributed by atoms with van der Waals surface area (Å²) in [6.45, 7) is 18.1. The molecule has 0 saturated heterocycles. The van der Waals surface area contributed by atoms with E-state index in [0.29, 0.717) is 0 Å². The highest BCUT2D eigenvalue weighted by Crippen LogP contribution is 1.92. The highest BCUT2D eigenvalue weighted by Gasteiger charge is 1.74. The first-order valence-electron chi connectivity index (χ1n) is 9.93. The number of benzene rings is 1. The van der Waals surface area contributed by atoms with Gasteiger partial charge in [-0.05, 0) is 50.1 Å². The predicted molar refractivity (Wildman–Crippen MR) is 123 cm³/mol. The van der Waals surface area contributed by atoms with Crippen molar-refractivity contribution in [1.82, 2.24) is 9.97 Å². The Bertz CT molecular complexity index is 489. The lowest BCUT2D eigenvalue weighted by atomic mass is 10.2. The normalized spacial score (nSPS) is 7.44. The summed E-state index contributed by atoms with van der Waals surface area (Å²) in [5.74, 6) is 0. The molecule has 2 heteroatoms. The molecule has 3 aromatic rings. The van der Waals surface area contributed by atoms with E-state index in [-0.39, 0.29) is 0 Å². The van der Waals surface area contributed by atoms with E-state index in [0.717, 1.165) is 0 Å². The molecule has 0 saturated carbocycles. The average molecular weight is 369 g/mol. The summed E-state index contributed by atoms with van der Waals surface area (Å²) < 4.78 is 0. The summed E-state index contributed by atoms with van der Waals surface area (Å²) in [6.07, 6.45) is 7.18. The number of hydrogen-bond donors (Lipinski definition) is 0. The van der Waals surface area contributed by atoms with Crippen LogP contribution in [0.3, 0.4) is 0 Å². The third-order valence-electron chi connectivity index (χ3n) is 2.60. The first kappa shape index (κ1) is 29.3. The molecule has 3 rings (SSSR count). The molecule has 0 spiro atoms. The van der Waals surface area contributed by atoms with Crippen molar-refractivity contribution in [2.45, 2.75) is 62.3 Å². The van der Waals surface area contributed by atoms with Crippen LogP contribution in [0.1, 0.15) is 58.2 Å². The largest absolute Gasteiger partial charge is 0.265 e. The molecule has 0 fully saturated rings. The molecule has 2 nitrogen and oxygen atoms in total. The smallest absolute Gasteiger partial charge is 0.0297 e. The maximum absolute atomic E-state index is 3.88. The van der Waals surface area contributed by atoms with Crippen LogP contribution in [0.2, 0.25) is 0 Å². The molecule has 150 valence electrons. The van der Waals surface area contributed by atoms with Crippen molar-refractivity contribution in [2.24, 2.45) is 0 Å². The van der Waals surface area contributed by atoms with Gasteiger partial charge in [0.15, 0.2) is 0 Å². The van der Waals surface area contributed by atoms with E-state index < -0.39 is 0 Å². The third-order valence-corrected chi connectivity index (χ3v) is 2.60. The maximum atomic E-state index is 3.88. The van der Waals surface area contributed by atoms with Gasteiger partial charge in [0.05, 0.1) is 0 Å². The van der Waals surface area contributed by atoms with Crippen LogP contribution in [-0.2, 0) is 0 Å². The van der Waals surface area contributed by atoms with Crippen LogP contribution in [0, 0.1) is 20.8 Å². The molecule has 0 atom stereocenters. The van der Waals surface area contributed by atoms with E-state index in [1.54, 1.807) is 18.6 Å². The Labute approximate surface area is 168 Å². The first-order valence-corrected chi connectivity index (χ1v) is 9.93. The van der Waals surface area contributed by atoms with E-state index in [4.69, 9.17) is 0 Å². The van der Waals surface area contributed by atoms with Gasteiger partial charge in [0.1, 0.15) is 0 Å². The summed E-state index contributed by atoms with van der Waals surface area (Å²) in [7, 11) is 0. The van der Waals surface area contributed by atoms with Crippen molar-refractivity contribution in [3.63, 3.8) is 0 Å². The van der Waals surface area contributed by atoms with Crippen LogP contribution >= 0.6 is 0 Å². The van der Waals surface area contributed by atoms with Gasteiger partial charge in [-0.1, -0.05) is 83.5 Å². The second-order valence-electron chi connectivity index (χ2n) is 4.71. The van der Waals surface area contributed by atoms with Crippen LogP contribution in [-0.4, -0.2) is 9.97 Å². The number of hydrogen-bond acceptors (Lipinski definition) is 2. The lowest BCUT2D eigenvalue weighted by molar-refractivity contribution is 1.27.